The Hall–Kier alpha value is -6.01. The zero-order chi connectivity index (χ0) is 42.8. The van der Waals surface area contributed by atoms with Gasteiger partial charge >= 0.3 is 12.1 Å². The highest BCUT2D eigenvalue weighted by Gasteiger charge is 2.32. The molecule has 0 aliphatic carbocycles. The lowest BCUT2D eigenvalue weighted by molar-refractivity contribution is -0.145. The number of aromatic nitrogens is 1. The number of aliphatic hydroxyl groups excluding tert-OH is 2. The molecule has 1 aromatic heterocycles. The molecule has 1 amide bonds. The molecule has 14 heteroatoms. The van der Waals surface area contributed by atoms with Crippen LogP contribution in [0.4, 0.5) is 4.79 Å². The van der Waals surface area contributed by atoms with Crippen LogP contribution in [0.1, 0.15) is 51.4 Å². The largest absolute Gasteiger partial charge is 0.488 e. The number of ether oxygens (including phenoxy) is 3. The Morgan fingerprint density at radius 1 is 0.933 bits per heavy atom. The van der Waals surface area contributed by atoms with Crippen molar-refractivity contribution in [2.24, 2.45) is 0 Å². The summed E-state index contributed by atoms with van der Waals surface area (Å²) in [6, 6.07) is 26.0. The molecule has 2 atom stereocenters. The fraction of sp³-hybridized carbons (Fsp3) is 0.304. The lowest BCUT2D eigenvalue weighted by atomic mass is 9.87. The van der Waals surface area contributed by atoms with Gasteiger partial charge in [0, 0.05) is 55.3 Å². The molecule has 0 saturated carbocycles. The summed E-state index contributed by atoms with van der Waals surface area (Å²) in [4.78, 5) is 27.8. The molecule has 1 aliphatic heterocycles. The number of halogens is 1. The molecular weight excluding hydrogens is 786 g/mol. The first-order chi connectivity index (χ1) is 28.9. The van der Waals surface area contributed by atoms with Gasteiger partial charge in [0.05, 0.1) is 23.8 Å². The van der Waals surface area contributed by atoms with Crippen LogP contribution in [-0.2, 0) is 42.3 Å². The first-order valence-electron chi connectivity index (χ1n) is 19.5. The molecule has 13 nitrogen and oxygen atoms in total. The SMILES string of the molecule is Cc1c(COc2cc(OCc3cncc(C#N)c3)c(CN[C@@](C)(CO)C(=O)O)cc2Cl)cccc1-c1cccc(-c2ccc3c(c2)CNC(COC(=O)NCCO)C3)c1C. The van der Waals surface area contributed by atoms with Gasteiger partial charge < -0.3 is 40.2 Å². The molecular formula is C46H48ClN5O8. The van der Waals surface area contributed by atoms with Crippen molar-refractivity contribution in [2.75, 3.05) is 26.4 Å². The average Bonchev–Trinajstić information content (AvgIpc) is 3.26. The summed E-state index contributed by atoms with van der Waals surface area (Å²) < 4.78 is 17.8. The highest BCUT2D eigenvalue weighted by atomic mass is 35.5. The van der Waals surface area contributed by atoms with E-state index in [1.807, 2.05) is 12.1 Å². The van der Waals surface area contributed by atoms with Gasteiger partial charge in [-0.2, -0.15) is 5.26 Å². The number of carbonyl (C=O) groups is 2. The van der Waals surface area contributed by atoms with Gasteiger partial charge in [-0.05, 0) is 95.5 Å². The fourth-order valence-corrected chi connectivity index (χ4v) is 7.26. The van der Waals surface area contributed by atoms with Gasteiger partial charge in [0.25, 0.3) is 0 Å². The number of hydrogen-bond donors (Lipinski definition) is 6. The van der Waals surface area contributed by atoms with E-state index < -0.39 is 24.2 Å². The molecule has 0 fully saturated rings. The molecule has 1 unspecified atom stereocenters. The number of nitrogens with one attached hydrogen (secondary N) is 3. The number of carboxylic acids is 1. The van der Waals surface area contributed by atoms with Crippen molar-refractivity contribution in [2.45, 2.75) is 65.1 Å². The van der Waals surface area contributed by atoms with Crippen molar-refractivity contribution in [3.05, 3.63) is 135 Å². The summed E-state index contributed by atoms with van der Waals surface area (Å²) in [6.07, 6.45) is 3.23. The Balaban J connectivity index is 1.20. The number of alkyl carbamates (subject to hydrolysis) is 1. The topological polar surface area (TPSA) is 195 Å². The summed E-state index contributed by atoms with van der Waals surface area (Å²) >= 11 is 6.77. The number of benzene rings is 4. The van der Waals surface area contributed by atoms with Crippen molar-refractivity contribution in [3.8, 4) is 39.8 Å². The Kier molecular flexibility index (Phi) is 14.4. The summed E-state index contributed by atoms with van der Waals surface area (Å²) in [5, 5.41) is 46.9. The number of hydrogen-bond acceptors (Lipinski definition) is 11. The predicted molar refractivity (Wildman–Crippen MR) is 227 cm³/mol. The van der Waals surface area contributed by atoms with Crippen LogP contribution in [0.5, 0.6) is 11.5 Å². The maximum atomic E-state index is 11.9. The quantitative estimate of drug-likeness (QED) is 0.0607. The first-order valence-corrected chi connectivity index (χ1v) is 19.9. The van der Waals surface area contributed by atoms with Gasteiger partial charge in [0.1, 0.15) is 42.9 Å². The van der Waals surface area contributed by atoms with Crippen LogP contribution in [0, 0.1) is 25.2 Å². The van der Waals surface area contributed by atoms with E-state index in [0.29, 0.717) is 34.7 Å². The van der Waals surface area contributed by atoms with Gasteiger partial charge in [-0.25, -0.2) is 4.79 Å². The van der Waals surface area contributed by atoms with Crippen LogP contribution in [0.2, 0.25) is 5.02 Å². The van der Waals surface area contributed by atoms with Crippen LogP contribution < -0.4 is 25.4 Å². The lowest BCUT2D eigenvalue weighted by Crippen LogP contribution is -2.52. The van der Waals surface area contributed by atoms with Gasteiger partial charge in [0.15, 0.2) is 0 Å². The van der Waals surface area contributed by atoms with E-state index in [4.69, 9.17) is 30.9 Å². The van der Waals surface area contributed by atoms with Gasteiger partial charge in [0.2, 0.25) is 0 Å². The van der Waals surface area contributed by atoms with E-state index in [9.17, 15) is 25.1 Å². The maximum Gasteiger partial charge on any atom is 0.407 e. The lowest BCUT2D eigenvalue weighted by Gasteiger charge is -2.26. The zero-order valence-corrected chi connectivity index (χ0v) is 34.4. The third-order valence-electron chi connectivity index (χ3n) is 10.7. The number of carbonyl (C=O) groups excluding carboxylic acids is 1. The number of fused-ring (bicyclic) bond motifs is 1. The third kappa shape index (κ3) is 10.4. The summed E-state index contributed by atoms with van der Waals surface area (Å²) in [5.74, 6) is -0.482. The normalized spacial score (nSPS) is 14.3. The predicted octanol–water partition coefficient (Wildman–Crippen LogP) is 6.37. The number of aliphatic hydroxyl groups is 2. The minimum atomic E-state index is -1.60. The van der Waals surface area contributed by atoms with Crippen LogP contribution in [0.25, 0.3) is 22.3 Å². The molecule has 312 valence electrons. The molecule has 6 N–H and O–H groups in total. The molecule has 0 spiro atoms. The van der Waals surface area contributed by atoms with Crippen molar-refractivity contribution < 1.29 is 39.1 Å². The first kappa shape index (κ1) is 43.6. The Morgan fingerprint density at radius 3 is 2.43 bits per heavy atom. The number of nitrogens with zero attached hydrogens (tertiary/aromatic N) is 2. The molecule has 2 heterocycles. The minimum absolute atomic E-state index is 0.00715. The van der Waals surface area contributed by atoms with Crippen molar-refractivity contribution in [3.63, 3.8) is 0 Å². The standard InChI is InChI=1S/C46H48ClN5O8/c1-28-34(25-59-43-18-42(58-24-31-14-30(19-48)20-49-21-31)36(17-41(43)47)23-52-46(3,27-54)44(55)56)6-4-8-39(28)40-9-5-7-38(29(40)2)33-11-10-32-16-37(51-22-35(32)15-33)26-60-45(57)50-12-13-53/h4-11,14-15,17-18,20-21,37,51-54H,12-13,16,22-27H2,1-3H3,(H,50,57)(H,55,56)/t37?,46-/m0/s1. The summed E-state index contributed by atoms with van der Waals surface area (Å²) in [6.45, 7) is 6.11. The van der Waals surface area contributed by atoms with Gasteiger partial charge in [-0.3, -0.25) is 15.1 Å². The monoisotopic (exact) mass is 833 g/mol. The molecule has 5 aromatic rings. The molecule has 0 saturated heterocycles. The second kappa shape index (κ2) is 19.8. The zero-order valence-electron chi connectivity index (χ0n) is 33.7. The van der Waals surface area contributed by atoms with Crippen LogP contribution in [-0.4, -0.2) is 70.3 Å². The Bertz CT molecular complexity index is 2400. The number of carboxylic acid groups (broad SMARTS) is 1. The van der Waals surface area contributed by atoms with Crippen molar-refractivity contribution >= 4 is 23.7 Å². The molecule has 60 heavy (non-hydrogen) atoms. The number of amides is 1. The van der Waals surface area contributed by atoms with E-state index >= 15 is 0 Å². The van der Waals surface area contributed by atoms with E-state index in [0.717, 1.165) is 45.4 Å². The van der Waals surface area contributed by atoms with Crippen LogP contribution in [0.3, 0.4) is 0 Å². The van der Waals surface area contributed by atoms with E-state index in [-0.39, 0.29) is 50.6 Å². The van der Waals surface area contributed by atoms with Crippen LogP contribution >= 0.6 is 11.6 Å². The Labute approximate surface area is 353 Å². The minimum Gasteiger partial charge on any atom is -0.488 e. The van der Waals surface area contributed by atoms with E-state index in [1.165, 1.54) is 24.2 Å². The molecule has 6 rings (SSSR count). The number of nitriles is 1. The Morgan fingerprint density at radius 2 is 1.68 bits per heavy atom. The fourth-order valence-electron chi connectivity index (χ4n) is 7.02. The maximum absolute atomic E-state index is 11.9. The third-order valence-corrected chi connectivity index (χ3v) is 11.0. The molecule has 4 aromatic carbocycles. The highest BCUT2D eigenvalue weighted by Crippen LogP contribution is 2.37. The number of pyridine rings is 1. The van der Waals surface area contributed by atoms with Crippen molar-refractivity contribution in [1.29, 1.82) is 5.26 Å². The average molecular weight is 834 g/mol. The van der Waals surface area contributed by atoms with E-state index in [2.05, 4.69) is 83.3 Å². The van der Waals surface area contributed by atoms with Gasteiger partial charge in [-0.15, -0.1) is 0 Å². The summed E-state index contributed by atoms with van der Waals surface area (Å²) in [7, 11) is 0. The smallest absolute Gasteiger partial charge is 0.407 e. The second-order valence-electron chi connectivity index (χ2n) is 14.9. The second-order valence-corrected chi connectivity index (χ2v) is 15.3. The molecule has 0 radical (unpaired) electrons. The summed E-state index contributed by atoms with van der Waals surface area (Å²) in [5.41, 5.74) is 9.88. The van der Waals surface area contributed by atoms with Crippen molar-refractivity contribution in [1.82, 2.24) is 20.9 Å². The number of rotatable bonds is 17. The highest BCUT2D eigenvalue weighted by molar-refractivity contribution is 6.32. The van der Waals surface area contributed by atoms with E-state index in [1.54, 1.807) is 24.4 Å². The number of aliphatic carboxylic acids is 1. The molecule has 1 aliphatic rings. The van der Waals surface area contributed by atoms with Gasteiger partial charge in [-0.1, -0.05) is 60.1 Å². The molecule has 0 bridgehead atoms. The van der Waals surface area contributed by atoms with Crippen LogP contribution in [0.15, 0.2) is 85.2 Å².